The predicted molar refractivity (Wildman–Crippen MR) is 72.6 cm³/mol. The molecule has 6 heteroatoms. The van der Waals surface area contributed by atoms with Gasteiger partial charge in [0, 0.05) is 12.0 Å². The topological polar surface area (TPSA) is 63.8 Å². The largest absolute Gasteiger partial charge is 0.382 e. The monoisotopic (exact) mass is 278 g/mol. The van der Waals surface area contributed by atoms with Gasteiger partial charge in [-0.25, -0.2) is 14.4 Å². The van der Waals surface area contributed by atoms with Crippen LogP contribution in [0.15, 0.2) is 30.6 Å². The average molecular weight is 279 g/mol. The normalized spacial score (nSPS) is 21.2. The summed E-state index contributed by atoms with van der Waals surface area (Å²) in [6.45, 7) is 0. The molecule has 0 spiro atoms. The second-order valence-electron chi connectivity index (χ2n) is 4.57. The van der Waals surface area contributed by atoms with Crippen LogP contribution in [0.2, 0.25) is 5.02 Å². The van der Waals surface area contributed by atoms with Gasteiger partial charge < -0.3 is 11.1 Å². The summed E-state index contributed by atoms with van der Waals surface area (Å²) in [5.41, 5.74) is 6.72. The van der Waals surface area contributed by atoms with E-state index in [1.54, 1.807) is 12.1 Å². The highest BCUT2D eigenvalue weighted by molar-refractivity contribution is 6.35. The maximum absolute atomic E-state index is 12.8. The molecule has 19 heavy (non-hydrogen) atoms. The number of nitrogen functional groups attached to an aromatic ring is 1. The first-order valence-corrected chi connectivity index (χ1v) is 6.31. The summed E-state index contributed by atoms with van der Waals surface area (Å²) in [4.78, 5) is 7.87. The van der Waals surface area contributed by atoms with E-state index in [9.17, 15) is 4.39 Å². The minimum Gasteiger partial charge on any atom is -0.382 e. The molecular weight excluding hydrogens is 267 g/mol. The molecule has 0 amide bonds. The smallest absolute Gasteiger partial charge is 0.150 e. The lowest BCUT2D eigenvalue weighted by Crippen LogP contribution is -2.08. The number of nitrogens with one attached hydrogen (secondary N) is 1. The summed E-state index contributed by atoms with van der Waals surface area (Å²) in [5, 5.41) is 3.57. The van der Waals surface area contributed by atoms with E-state index in [-0.39, 0.29) is 17.7 Å². The van der Waals surface area contributed by atoms with Crippen LogP contribution in [0, 0.1) is 5.82 Å². The molecule has 3 rings (SSSR count). The second kappa shape index (κ2) is 4.66. The van der Waals surface area contributed by atoms with Gasteiger partial charge in [-0.15, -0.1) is 0 Å². The molecule has 1 aliphatic carbocycles. The number of anilines is 2. The Hall–Kier alpha value is -1.88. The van der Waals surface area contributed by atoms with E-state index in [1.165, 1.54) is 18.5 Å². The number of benzene rings is 1. The Morgan fingerprint density at radius 1 is 1.26 bits per heavy atom. The number of nitrogens with two attached hydrogens (primary N) is 1. The zero-order valence-corrected chi connectivity index (χ0v) is 10.7. The van der Waals surface area contributed by atoms with Gasteiger partial charge in [0.1, 0.15) is 23.0 Å². The SMILES string of the molecule is Nc1ncnc(N[C@@H]2C[C@H]2c2ccc(F)cc2)c1Cl. The molecule has 98 valence electrons. The predicted octanol–water partition coefficient (Wildman–Crippen LogP) is 2.82. The Morgan fingerprint density at radius 2 is 2.00 bits per heavy atom. The lowest BCUT2D eigenvalue weighted by Gasteiger charge is -2.07. The molecule has 1 aromatic carbocycles. The Balaban J connectivity index is 1.70. The minimum absolute atomic E-state index is 0.222. The molecule has 0 unspecified atom stereocenters. The van der Waals surface area contributed by atoms with Gasteiger partial charge in [0.25, 0.3) is 0 Å². The third-order valence-corrected chi connectivity index (χ3v) is 3.60. The van der Waals surface area contributed by atoms with E-state index < -0.39 is 0 Å². The van der Waals surface area contributed by atoms with E-state index in [2.05, 4.69) is 15.3 Å². The number of aromatic nitrogens is 2. The lowest BCUT2D eigenvalue weighted by molar-refractivity contribution is 0.627. The molecule has 3 N–H and O–H groups in total. The van der Waals surface area contributed by atoms with Gasteiger partial charge >= 0.3 is 0 Å². The number of rotatable bonds is 3. The van der Waals surface area contributed by atoms with Crippen LogP contribution in [0.1, 0.15) is 17.9 Å². The number of hydrogen-bond acceptors (Lipinski definition) is 4. The van der Waals surface area contributed by atoms with E-state index in [1.807, 2.05) is 0 Å². The Morgan fingerprint density at radius 3 is 2.74 bits per heavy atom. The molecule has 1 saturated carbocycles. The van der Waals surface area contributed by atoms with Crippen molar-refractivity contribution in [2.45, 2.75) is 18.4 Å². The molecule has 1 aromatic heterocycles. The van der Waals surface area contributed by atoms with Crippen molar-refractivity contribution in [1.29, 1.82) is 0 Å². The highest BCUT2D eigenvalue weighted by atomic mass is 35.5. The number of hydrogen-bond donors (Lipinski definition) is 2. The van der Waals surface area contributed by atoms with Gasteiger partial charge in [-0.05, 0) is 24.1 Å². The van der Waals surface area contributed by atoms with Gasteiger partial charge in [-0.1, -0.05) is 23.7 Å². The van der Waals surface area contributed by atoms with Crippen molar-refractivity contribution in [2.75, 3.05) is 11.1 Å². The summed E-state index contributed by atoms with van der Waals surface area (Å²) < 4.78 is 12.8. The molecule has 0 bridgehead atoms. The van der Waals surface area contributed by atoms with Crippen LogP contribution in [-0.2, 0) is 0 Å². The van der Waals surface area contributed by atoms with Gasteiger partial charge in [-0.2, -0.15) is 0 Å². The summed E-state index contributed by atoms with van der Waals surface area (Å²) in [7, 11) is 0. The van der Waals surface area contributed by atoms with Crippen molar-refractivity contribution in [3.63, 3.8) is 0 Å². The van der Waals surface area contributed by atoms with Crippen molar-refractivity contribution in [3.8, 4) is 0 Å². The van der Waals surface area contributed by atoms with E-state index >= 15 is 0 Å². The van der Waals surface area contributed by atoms with E-state index in [4.69, 9.17) is 17.3 Å². The van der Waals surface area contributed by atoms with E-state index in [0.717, 1.165) is 12.0 Å². The second-order valence-corrected chi connectivity index (χ2v) is 4.94. The summed E-state index contributed by atoms with van der Waals surface area (Å²) in [6, 6.07) is 6.80. The Labute approximate surface area is 114 Å². The third kappa shape index (κ3) is 2.46. The first-order valence-electron chi connectivity index (χ1n) is 5.93. The summed E-state index contributed by atoms with van der Waals surface area (Å²) in [5.74, 6) is 0.940. The average Bonchev–Trinajstić information content (AvgIpc) is 3.15. The van der Waals surface area contributed by atoms with Crippen molar-refractivity contribution in [2.24, 2.45) is 0 Å². The summed E-state index contributed by atoms with van der Waals surface area (Å²) >= 11 is 6.02. The fourth-order valence-corrected chi connectivity index (χ4v) is 2.24. The molecule has 1 aliphatic rings. The van der Waals surface area contributed by atoms with Crippen LogP contribution in [0.5, 0.6) is 0 Å². The molecule has 0 aliphatic heterocycles. The number of halogens is 2. The Kier molecular flexibility index (Phi) is 2.98. The van der Waals surface area contributed by atoms with Crippen molar-refractivity contribution in [3.05, 3.63) is 47.0 Å². The molecule has 1 fully saturated rings. The quantitative estimate of drug-likeness (QED) is 0.906. The van der Waals surface area contributed by atoms with Crippen LogP contribution >= 0.6 is 11.6 Å². The fraction of sp³-hybridized carbons (Fsp3) is 0.231. The molecule has 1 heterocycles. The van der Waals surface area contributed by atoms with Crippen LogP contribution in [0.25, 0.3) is 0 Å². The van der Waals surface area contributed by atoms with Crippen LogP contribution in [0.3, 0.4) is 0 Å². The molecule has 2 aromatic rings. The lowest BCUT2D eigenvalue weighted by atomic mass is 10.1. The molecule has 2 atom stereocenters. The first kappa shape index (κ1) is 12.2. The first-order chi connectivity index (χ1) is 9.15. The van der Waals surface area contributed by atoms with Crippen LogP contribution in [-0.4, -0.2) is 16.0 Å². The zero-order chi connectivity index (χ0) is 13.4. The Bertz CT molecular complexity index is 602. The van der Waals surface area contributed by atoms with Gasteiger partial charge in [-0.3, -0.25) is 0 Å². The van der Waals surface area contributed by atoms with E-state index in [0.29, 0.717) is 16.8 Å². The van der Waals surface area contributed by atoms with Crippen molar-refractivity contribution in [1.82, 2.24) is 9.97 Å². The minimum atomic E-state index is -0.222. The standard InChI is InChI=1S/C13H12ClFN4/c14-11-12(16)17-6-18-13(11)19-10-5-9(10)7-1-3-8(15)4-2-7/h1-4,6,9-10H,5H2,(H3,16,17,18,19)/t9-,10+/m0/s1. The van der Waals surface area contributed by atoms with Crippen LogP contribution in [0.4, 0.5) is 16.0 Å². The zero-order valence-electron chi connectivity index (χ0n) is 9.98. The highest BCUT2D eigenvalue weighted by Crippen LogP contribution is 2.43. The van der Waals surface area contributed by atoms with Crippen molar-refractivity contribution >= 4 is 23.2 Å². The highest BCUT2D eigenvalue weighted by Gasteiger charge is 2.39. The van der Waals surface area contributed by atoms with Gasteiger partial charge in [0.2, 0.25) is 0 Å². The van der Waals surface area contributed by atoms with Crippen molar-refractivity contribution < 1.29 is 4.39 Å². The molecule has 0 radical (unpaired) electrons. The number of nitrogens with zero attached hydrogens (tertiary/aromatic N) is 2. The maximum atomic E-state index is 12.8. The van der Waals surface area contributed by atoms with Gasteiger partial charge in [0.05, 0.1) is 0 Å². The molecular formula is C13H12ClFN4. The summed E-state index contributed by atoms with van der Waals surface area (Å²) in [6.07, 6.45) is 2.34. The maximum Gasteiger partial charge on any atom is 0.150 e. The van der Waals surface area contributed by atoms with Crippen LogP contribution < -0.4 is 11.1 Å². The van der Waals surface area contributed by atoms with Gasteiger partial charge in [0.15, 0.2) is 5.82 Å². The third-order valence-electron chi connectivity index (χ3n) is 3.23. The molecule has 4 nitrogen and oxygen atoms in total. The molecule has 0 saturated heterocycles. The fourth-order valence-electron chi connectivity index (χ4n) is 2.09.